The van der Waals surface area contributed by atoms with Crippen LogP contribution in [-0.4, -0.2) is 24.2 Å². The van der Waals surface area contributed by atoms with E-state index >= 15 is 0 Å². The van der Waals surface area contributed by atoms with E-state index in [-0.39, 0.29) is 0 Å². The van der Waals surface area contributed by atoms with Gasteiger partial charge in [-0.3, -0.25) is 4.98 Å². The van der Waals surface area contributed by atoms with Gasteiger partial charge >= 0.3 is 0 Å². The maximum atomic E-state index is 5.60. The molecule has 1 N–H and O–H groups in total. The van der Waals surface area contributed by atoms with Gasteiger partial charge in [0.05, 0.1) is 12.8 Å². The van der Waals surface area contributed by atoms with Crippen molar-refractivity contribution in [1.82, 2.24) is 10.3 Å². The summed E-state index contributed by atoms with van der Waals surface area (Å²) in [6.45, 7) is 10.5. The van der Waals surface area contributed by atoms with E-state index in [2.05, 4.69) is 44.1 Å². The average Bonchev–Trinajstić information content (AvgIpc) is 2.34. The molecular weight excluding hydrogens is 224 g/mol. The lowest BCUT2D eigenvalue weighted by Crippen LogP contribution is -2.28. The second kappa shape index (κ2) is 8.09. The van der Waals surface area contributed by atoms with Gasteiger partial charge in [0, 0.05) is 12.2 Å². The minimum atomic E-state index is 0.546. The van der Waals surface area contributed by atoms with E-state index in [1.165, 1.54) is 5.56 Å². The van der Waals surface area contributed by atoms with E-state index in [9.17, 15) is 0 Å². The van der Waals surface area contributed by atoms with Crippen LogP contribution in [0.1, 0.15) is 39.7 Å². The summed E-state index contributed by atoms with van der Waals surface area (Å²) in [5, 5.41) is 3.46. The molecule has 0 aliphatic heterocycles. The first-order chi connectivity index (χ1) is 8.61. The van der Waals surface area contributed by atoms with Crippen LogP contribution in [0.3, 0.4) is 0 Å². The van der Waals surface area contributed by atoms with Crippen LogP contribution in [0.4, 0.5) is 0 Å². The van der Waals surface area contributed by atoms with Crippen molar-refractivity contribution in [2.45, 2.75) is 46.6 Å². The minimum Gasteiger partial charge on any atom is -0.492 e. The molecule has 1 atom stereocenters. The van der Waals surface area contributed by atoms with Crippen LogP contribution in [0.15, 0.2) is 18.5 Å². The fourth-order valence-electron chi connectivity index (χ4n) is 1.79. The molecule has 1 rings (SSSR count). The highest BCUT2D eigenvalue weighted by molar-refractivity contribution is 5.23. The fraction of sp³-hybridized carbons (Fsp3) is 0.667. The summed E-state index contributed by atoms with van der Waals surface area (Å²) in [6, 6.07) is 2.65. The number of nitrogens with zero attached hydrogens (tertiary/aromatic N) is 1. The number of pyridine rings is 1. The van der Waals surface area contributed by atoms with E-state index in [0.717, 1.165) is 31.7 Å². The van der Waals surface area contributed by atoms with Crippen LogP contribution in [0.25, 0.3) is 0 Å². The summed E-state index contributed by atoms with van der Waals surface area (Å²) < 4.78 is 5.60. The monoisotopic (exact) mass is 250 g/mol. The van der Waals surface area contributed by atoms with Crippen molar-refractivity contribution in [1.29, 1.82) is 0 Å². The Bertz CT molecular complexity index is 339. The van der Waals surface area contributed by atoms with Gasteiger partial charge in [0.1, 0.15) is 5.75 Å². The molecule has 0 bridgehead atoms. The fourth-order valence-corrected chi connectivity index (χ4v) is 1.79. The Kier molecular flexibility index (Phi) is 6.73. The number of ether oxygens (including phenoxy) is 1. The van der Waals surface area contributed by atoms with Crippen LogP contribution in [0.2, 0.25) is 0 Å². The van der Waals surface area contributed by atoms with Crippen molar-refractivity contribution >= 4 is 0 Å². The molecule has 1 aromatic rings. The van der Waals surface area contributed by atoms with E-state index in [1.807, 2.05) is 6.20 Å². The smallest absolute Gasteiger partial charge is 0.137 e. The lowest BCUT2D eigenvalue weighted by molar-refractivity contribution is 0.315. The topological polar surface area (TPSA) is 34.1 Å². The molecular formula is C15H26N2O. The summed E-state index contributed by atoms with van der Waals surface area (Å²) in [4.78, 5) is 4.24. The van der Waals surface area contributed by atoms with Crippen molar-refractivity contribution < 1.29 is 4.74 Å². The maximum Gasteiger partial charge on any atom is 0.137 e. The third kappa shape index (κ3) is 6.01. The molecule has 3 heteroatoms. The molecule has 1 unspecified atom stereocenters. The molecule has 0 fully saturated rings. The summed E-state index contributed by atoms with van der Waals surface area (Å²) in [6.07, 6.45) is 5.79. The Morgan fingerprint density at radius 3 is 2.72 bits per heavy atom. The van der Waals surface area contributed by atoms with Crippen LogP contribution in [0, 0.1) is 5.92 Å². The van der Waals surface area contributed by atoms with E-state index in [0.29, 0.717) is 12.0 Å². The minimum absolute atomic E-state index is 0.546. The summed E-state index contributed by atoms with van der Waals surface area (Å²) in [5.74, 6) is 1.49. The molecule has 0 aliphatic rings. The largest absolute Gasteiger partial charge is 0.492 e. The van der Waals surface area contributed by atoms with Gasteiger partial charge in [-0.15, -0.1) is 0 Å². The summed E-state index contributed by atoms with van der Waals surface area (Å²) >= 11 is 0. The van der Waals surface area contributed by atoms with Gasteiger partial charge in [-0.2, -0.15) is 0 Å². The highest BCUT2D eigenvalue weighted by Gasteiger charge is 2.06. The number of aromatic nitrogens is 1. The first-order valence-electron chi connectivity index (χ1n) is 6.92. The lowest BCUT2D eigenvalue weighted by atomic mass is 10.0. The van der Waals surface area contributed by atoms with Crippen molar-refractivity contribution in [3.05, 3.63) is 24.0 Å². The Labute approximate surface area is 111 Å². The van der Waals surface area contributed by atoms with Crippen LogP contribution >= 0.6 is 0 Å². The molecule has 0 aromatic carbocycles. The van der Waals surface area contributed by atoms with E-state index in [1.54, 1.807) is 6.20 Å². The summed E-state index contributed by atoms with van der Waals surface area (Å²) in [7, 11) is 0. The van der Waals surface area contributed by atoms with Crippen LogP contribution in [-0.2, 0) is 6.42 Å². The number of rotatable bonds is 8. The number of nitrogens with one attached hydrogen (secondary N) is 1. The third-order valence-corrected chi connectivity index (χ3v) is 2.70. The zero-order valence-electron chi connectivity index (χ0n) is 12.1. The van der Waals surface area contributed by atoms with E-state index in [4.69, 9.17) is 4.74 Å². The number of hydrogen-bond acceptors (Lipinski definition) is 3. The molecule has 102 valence electrons. The lowest BCUT2D eigenvalue weighted by Gasteiger charge is -2.15. The van der Waals surface area contributed by atoms with Gasteiger partial charge in [0.25, 0.3) is 0 Å². The van der Waals surface area contributed by atoms with Crippen molar-refractivity contribution in [2.24, 2.45) is 5.92 Å². The predicted molar refractivity (Wildman–Crippen MR) is 76.0 cm³/mol. The zero-order chi connectivity index (χ0) is 13.4. The molecule has 1 aromatic heterocycles. The summed E-state index contributed by atoms with van der Waals surface area (Å²) in [5.41, 5.74) is 1.25. The second-order valence-corrected chi connectivity index (χ2v) is 5.25. The first kappa shape index (κ1) is 15.0. The highest BCUT2D eigenvalue weighted by Crippen LogP contribution is 2.14. The Balaban J connectivity index is 2.45. The normalized spacial score (nSPS) is 12.7. The van der Waals surface area contributed by atoms with Gasteiger partial charge in [0.2, 0.25) is 0 Å². The first-order valence-corrected chi connectivity index (χ1v) is 6.92. The quantitative estimate of drug-likeness (QED) is 0.770. The molecule has 18 heavy (non-hydrogen) atoms. The molecule has 0 spiro atoms. The molecule has 3 nitrogen and oxygen atoms in total. The zero-order valence-corrected chi connectivity index (χ0v) is 12.1. The standard InChI is InChI=1S/C15H26N2O/c1-5-6-18-15-8-14(10-16-11-15)7-13(4)9-17-12(2)3/h8,10-13,17H,5-7,9H2,1-4H3. The SMILES string of the molecule is CCCOc1cncc(CC(C)CNC(C)C)c1. The maximum absolute atomic E-state index is 5.60. The Hall–Kier alpha value is -1.09. The number of hydrogen-bond donors (Lipinski definition) is 1. The molecule has 0 amide bonds. The van der Waals surface area contributed by atoms with Gasteiger partial charge < -0.3 is 10.1 Å². The van der Waals surface area contributed by atoms with Crippen LogP contribution in [0.5, 0.6) is 5.75 Å². The van der Waals surface area contributed by atoms with Crippen molar-refractivity contribution in [2.75, 3.05) is 13.2 Å². The Morgan fingerprint density at radius 2 is 2.06 bits per heavy atom. The third-order valence-electron chi connectivity index (χ3n) is 2.70. The van der Waals surface area contributed by atoms with Gasteiger partial charge in [-0.25, -0.2) is 0 Å². The molecule has 0 radical (unpaired) electrons. The van der Waals surface area contributed by atoms with Gasteiger partial charge in [-0.05, 0) is 36.9 Å². The van der Waals surface area contributed by atoms with Crippen molar-refractivity contribution in [3.8, 4) is 5.75 Å². The highest BCUT2D eigenvalue weighted by atomic mass is 16.5. The van der Waals surface area contributed by atoms with Crippen LogP contribution < -0.4 is 10.1 Å². The average molecular weight is 250 g/mol. The molecule has 1 heterocycles. The molecule has 0 saturated heterocycles. The predicted octanol–water partition coefficient (Wildman–Crippen LogP) is 3.05. The molecule has 0 saturated carbocycles. The molecule has 0 aliphatic carbocycles. The van der Waals surface area contributed by atoms with E-state index < -0.39 is 0 Å². The second-order valence-electron chi connectivity index (χ2n) is 5.25. The van der Waals surface area contributed by atoms with Gasteiger partial charge in [0.15, 0.2) is 0 Å². The Morgan fingerprint density at radius 1 is 1.28 bits per heavy atom. The van der Waals surface area contributed by atoms with Gasteiger partial charge in [-0.1, -0.05) is 27.7 Å². The van der Waals surface area contributed by atoms with Crippen molar-refractivity contribution in [3.63, 3.8) is 0 Å².